The second kappa shape index (κ2) is 5.23. The lowest BCUT2D eigenvalue weighted by molar-refractivity contribution is -0.107. The molecule has 0 bridgehead atoms. The number of aldehydes is 1. The smallest absolute Gasteiger partial charge is 0.235 e. The van der Waals surface area contributed by atoms with Crippen LogP contribution in [-0.4, -0.2) is 27.0 Å². The average molecular weight is 263 g/mol. The van der Waals surface area contributed by atoms with Crippen LogP contribution in [0.4, 0.5) is 5.69 Å². The summed E-state index contributed by atoms with van der Waals surface area (Å²) in [6.45, 7) is 0.521. The Bertz CT molecular complexity index is 611. The van der Waals surface area contributed by atoms with E-state index in [0.717, 1.165) is 11.8 Å². The number of carbonyl (C=O) groups excluding carboxylic acids is 1. The third kappa shape index (κ3) is 2.71. The van der Waals surface area contributed by atoms with Gasteiger partial charge in [-0.2, -0.15) is 0 Å². The van der Waals surface area contributed by atoms with E-state index >= 15 is 0 Å². The normalized spacial score (nSPS) is 17.0. The second-order valence-electron chi connectivity index (χ2n) is 3.96. The Morgan fingerprint density at radius 3 is 2.89 bits per heavy atom. The van der Waals surface area contributed by atoms with Gasteiger partial charge in [0.25, 0.3) is 0 Å². The van der Waals surface area contributed by atoms with Crippen molar-refractivity contribution in [3.63, 3.8) is 0 Å². The van der Waals surface area contributed by atoms with Gasteiger partial charge in [0.05, 0.1) is 17.9 Å². The van der Waals surface area contributed by atoms with Gasteiger partial charge in [-0.05, 0) is 24.6 Å². The summed E-state index contributed by atoms with van der Waals surface area (Å²) in [6.07, 6.45) is 1.58. The fourth-order valence-corrected chi connectivity index (χ4v) is 3.42. The van der Waals surface area contributed by atoms with Crippen LogP contribution in [0.1, 0.15) is 18.4 Å². The minimum absolute atomic E-state index is 0.187. The molecular weight excluding hydrogens is 250 g/mol. The minimum atomic E-state index is -3.15. The Morgan fingerprint density at radius 1 is 1.39 bits per heavy atom. The van der Waals surface area contributed by atoms with E-state index in [1.165, 1.54) is 4.31 Å². The molecule has 0 N–H and O–H groups in total. The highest BCUT2D eigenvalue weighted by Gasteiger charge is 2.28. The first-order valence-corrected chi connectivity index (χ1v) is 7.27. The summed E-state index contributed by atoms with van der Waals surface area (Å²) in [5.74, 6) is 5.74. The molecule has 1 aliphatic heterocycles. The first kappa shape index (κ1) is 12.7. The maximum absolute atomic E-state index is 11.8. The second-order valence-corrected chi connectivity index (χ2v) is 5.98. The van der Waals surface area contributed by atoms with Crippen molar-refractivity contribution in [1.82, 2.24) is 0 Å². The molecule has 0 aromatic heterocycles. The number of hydrogen-bond acceptors (Lipinski definition) is 3. The number of nitrogens with zero attached hydrogens (tertiary/aromatic N) is 1. The van der Waals surface area contributed by atoms with Crippen molar-refractivity contribution in [3.8, 4) is 11.8 Å². The van der Waals surface area contributed by atoms with E-state index in [-0.39, 0.29) is 12.2 Å². The van der Waals surface area contributed by atoms with Gasteiger partial charge in [0.15, 0.2) is 0 Å². The van der Waals surface area contributed by atoms with Gasteiger partial charge in [0.2, 0.25) is 10.0 Å². The predicted molar refractivity (Wildman–Crippen MR) is 69.8 cm³/mol. The zero-order chi connectivity index (χ0) is 13.0. The molecule has 0 radical (unpaired) electrons. The highest BCUT2D eigenvalue weighted by molar-refractivity contribution is 7.93. The minimum Gasteiger partial charge on any atom is -0.302 e. The number of carbonyl (C=O) groups is 1. The van der Waals surface area contributed by atoms with E-state index in [4.69, 9.17) is 0 Å². The van der Waals surface area contributed by atoms with Crippen molar-refractivity contribution >= 4 is 22.0 Å². The van der Waals surface area contributed by atoms with Gasteiger partial charge in [-0.3, -0.25) is 4.31 Å². The first-order valence-electron chi connectivity index (χ1n) is 5.66. The van der Waals surface area contributed by atoms with Gasteiger partial charge in [-0.25, -0.2) is 8.42 Å². The molecule has 0 amide bonds. The molecule has 94 valence electrons. The van der Waals surface area contributed by atoms with E-state index < -0.39 is 10.0 Å². The molecule has 0 atom stereocenters. The molecule has 1 saturated heterocycles. The van der Waals surface area contributed by atoms with Gasteiger partial charge in [-0.15, -0.1) is 0 Å². The van der Waals surface area contributed by atoms with Crippen LogP contribution in [0.5, 0.6) is 0 Å². The average Bonchev–Trinajstić information content (AvgIpc) is 2.70. The Kier molecular flexibility index (Phi) is 3.68. The highest BCUT2D eigenvalue weighted by atomic mass is 32.2. The molecular formula is C13H13NO3S. The third-order valence-corrected chi connectivity index (χ3v) is 4.52. The Balaban J connectivity index is 2.28. The molecule has 1 aliphatic rings. The Morgan fingerprint density at radius 2 is 2.22 bits per heavy atom. The molecule has 0 saturated carbocycles. The highest BCUT2D eigenvalue weighted by Crippen LogP contribution is 2.24. The predicted octanol–water partition coefficient (Wildman–Crippen LogP) is 1.17. The SMILES string of the molecule is O=CCC#Cc1cccc(N2CCCS2(=O)=O)c1. The number of rotatable bonds is 2. The molecule has 1 heterocycles. The maximum Gasteiger partial charge on any atom is 0.235 e. The van der Waals surface area contributed by atoms with Crippen molar-refractivity contribution in [2.24, 2.45) is 0 Å². The van der Waals surface area contributed by atoms with Crippen LogP contribution >= 0.6 is 0 Å². The van der Waals surface area contributed by atoms with E-state index in [1.54, 1.807) is 24.3 Å². The molecule has 0 aliphatic carbocycles. The molecule has 4 nitrogen and oxygen atoms in total. The number of sulfonamides is 1. The molecule has 1 aromatic rings. The first-order chi connectivity index (χ1) is 8.63. The molecule has 0 spiro atoms. The van der Waals surface area contributed by atoms with Crippen LogP contribution in [0.15, 0.2) is 24.3 Å². The van der Waals surface area contributed by atoms with Crippen LogP contribution in [0.2, 0.25) is 0 Å². The van der Waals surface area contributed by atoms with E-state index in [9.17, 15) is 13.2 Å². The van der Waals surface area contributed by atoms with Crippen molar-refractivity contribution < 1.29 is 13.2 Å². The lowest BCUT2D eigenvalue weighted by atomic mass is 10.2. The van der Waals surface area contributed by atoms with Crippen molar-refractivity contribution in [2.45, 2.75) is 12.8 Å². The summed E-state index contributed by atoms with van der Waals surface area (Å²) >= 11 is 0. The van der Waals surface area contributed by atoms with Crippen molar-refractivity contribution in [3.05, 3.63) is 29.8 Å². The zero-order valence-corrected chi connectivity index (χ0v) is 10.6. The summed E-state index contributed by atoms with van der Waals surface area (Å²) in [7, 11) is -3.15. The molecule has 5 heteroatoms. The summed E-state index contributed by atoms with van der Waals surface area (Å²) in [6, 6.07) is 7.06. The van der Waals surface area contributed by atoms with Gasteiger partial charge in [0, 0.05) is 12.1 Å². The number of hydrogen-bond donors (Lipinski definition) is 0. The Labute approximate surface area is 107 Å². The van der Waals surface area contributed by atoms with Gasteiger partial charge in [0.1, 0.15) is 6.29 Å². The molecule has 0 unspecified atom stereocenters. The lowest BCUT2D eigenvalue weighted by Crippen LogP contribution is -2.24. The molecule has 1 fully saturated rings. The summed E-state index contributed by atoms with van der Waals surface area (Å²) in [4.78, 5) is 10.2. The van der Waals surface area contributed by atoms with Crippen LogP contribution in [-0.2, 0) is 14.8 Å². The quantitative estimate of drug-likeness (QED) is 0.594. The fourth-order valence-electron chi connectivity index (χ4n) is 1.86. The van der Waals surface area contributed by atoms with E-state index in [1.807, 2.05) is 0 Å². The van der Waals surface area contributed by atoms with Crippen molar-refractivity contribution in [1.29, 1.82) is 0 Å². The van der Waals surface area contributed by atoms with Crippen LogP contribution in [0.25, 0.3) is 0 Å². The monoisotopic (exact) mass is 263 g/mol. The largest absolute Gasteiger partial charge is 0.302 e. The van der Waals surface area contributed by atoms with Crippen LogP contribution < -0.4 is 4.31 Å². The Hall–Kier alpha value is -1.80. The lowest BCUT2D eigenvalue weighted by Gasteiger charge is -2.16. The zero-order valence-electron chi connectivity index (χ0n) is 9.80. The summed E-state index contributed by atoms with van der Waals surface area (Å²) in [5, 5.41) is 0. The van der Waals surface area contributed by atoms with E-state index in [0.29, 0.717) is 18.7 Å². The summed E-state index contributed by atoms with van der Waals surface area (Å²) < 4.78 is 25.0. The van der Waals surface area contributed by atoms with Gasteiger partial charge >= 0.3 is 0 Å². The maximum atomic E-state index is 11.8. The summed E-state index contributed by atoms with van der Waals surface area (Å²) in [5.41, 5.74) is 1.36. The van der Waals surface area contributed by atoms with Crippen molar-refractivity contribution in [2.75, 3.05) is 16.6 Å². The third-order valence-electron chi connectivity index (χ3n) is 2.65. The molecule has 18 heavy (non-hydrogen) atoms. The van der Waals surface area contributed by atoms with Crippen LogP contribution in [0, 0.1) is 11.8 Å². The standard InChI is InChI=1S/C13H13NO3S/c15-9-2-1-5-12-6-3-7-13(11-12)14-8-4-10-18(14,16)17/h3,6-7,9,11H,2,4,8,10H2. The van der Waals surface area contributed by atoms with E-state index in [2.05, 4.69) is 11.8 Å². The van der Waals surface area contributed by atoms with Crippen LogP contribution in [0.3, 0.4) is 0 Å². The van der Waals surface area contributed by atoms with Gasteiger partial charge in [-0.1, -0.05) is 17.9 Å². The number of anilines is 1. The van der Waals surface area contributed by atoms with Gasteiger partial charge < -0.3 is 4.79 Å². The fraction of sp³-hybridized carbons (Fsp3) is 0.308. The topological polar surface area (TPSA) is 54.5 Å². The molecule has 1 aromatic carbocycles. The molecule has 2 rings (SSSR count). The number of benzene rings is 1.